The molecule has 18 heavy (non-hydrogen) atoms. The highest BCUT2D eigenvalue weighted by Gasteiger charge is 2.48. The first-order valence-corrected chi connectivity index (χ1v) is 7.66. The maximum Gasteiger partial charge on any atom is 0.311 e. The summed E-state index contributed by atoms with van der Waals surface area (Å²) in [6.07, 6.45) is 3.05. The summed E-state index contributed by atoms with van der Waals surface area (Å²) >= 11 is 1.66. The molecule has 0 aliphatic carbocycles. The van der Waals surface area contributed by atoms with Gasteiger partial charge in [0.15, 0.2) is 0 Å². The monoisotopic (exact) mass is 273 g/mol. The van der Waals surface area contributed by atoms with Gasteiger partial charge in [0.2, 0.25) is 5.91 Å². The van der Waals surface area contributed by atoms with Gasteiger partial charge in [-0.05, 0) is 18.6 Å². The molecule has 1 heterocycles. The predicted molar refractivity (Wildman–Crippen MR) is 73.7 cm³/mol. The number of carboxylic acids is 1. The van der Waals surface area contributed by atoms with E-state index < -0.39 is 11.4 Å². The van der Waals surface area contributed by atoms with E-state index in [9.17, 15) is 14.7 Å². The van der Waals surface area contributed by atoms with Crippen molar-refractivity contribution in [3.8, 4) is 0 Å². The van der Waals surface area contributed by atoms with Gasteiger partial charge in [-0.2, -0.15) is 11.8 Å². The molecule has 1 amide bonds. The Balaban J connectivity index is 2.70. The molecule has 0 saturated carbocycles. The summed E-state index contributed by atoms with van der Waals surface area (Å²) in [5, 5.41) is 9.71. The predicted octanol–water partition coefficient (Wildman–Crippen LogP) is 2.09. The standard InChI is InChI=1S/C13H23NO3S/c1-9(2)13(12(16)17)5-6-14(8-13)11(15)7-10(3)18-4/h9-10H,5-8H2,1-4H3,(H,16,17). The molecule has 0 aromatic carbocycles. The van der Waals surface area contributed by atoms with Crippen molar-refractivity contribution in [2.24, 2.45) is 11.3 Å². The van der Waals surface area contributed by atoms with E-state index >= 15 is 0 Å². The average Bonchev–Trinajstić information content (AvgIpc) is 2.74. The zero-order valence-corrected chi connectivity index (χ0v) is 12.4. The summed E-state index contributed by atoms with van der Waals surface area (Å²) in [5.41, 5.74) is -0.752. The molecular formula is C13H23NO3S. The fourth-order valence-corrected chi connectivity index (χ4v) is 2.71. The first kappa shape index (κ1) is 15.3. The lowest BCUT2D eigenvalue weighted by molar-refractivity contribution is -0.151. The van der Waals surface area contributed by atoms with E-state index in [1.54, 1.807) is 16.7 Å². The average molecular weight is 273 g/mol. The van der Waals surface area contributed by atoms with Crippen molar-refractivity contribution in [3.05, 3.63) is 0 Å². The van der Waals surface area contributed by atoms with Crippen molar-refractivity contribution in [2.45, 2.75) is 38.9 Å². The van der Waals surface area contributed by atoms with Crippen LogP contribution in [0.5, 0.6) is 0 Å². The van der Waals surface area contributed by atoms with E-state index in [0.29, 0.717) is 25.9 Å². The van der Waals surface area contributed by atoms with Gasteiger partial charge >= 0.3 is 5.97 Å². The van der Waals surface area contributed by atoms with Crippen LogP contribution in [0.15, 0.2) is 0 Å². The van der Waals surface area contributed by atoms with Crippen molar-refractivity contribution in [2.75, 3.05) is 19.3 Å². The number of amides is 1. The van der Waals surface area contributed by atoms with Crippen molar-refractivity contribution >= 4 is 23.6 Å². The number of hydrogen-bond acceptors (Lipinski definition) is 3. The zero-order chi connectivity index (χ0) is 13.9. The van der Waals surface area contributed by atoms with E-state index in [1.165, 1.54) is 0 Å². The van der Waals surface area contributed by atoms with Gasteiger partial charge in [-0.15, -0.1) is 0 Å². The molecule has 0 bridgehead atoms. The molecule has 2 atom stereocenters. The molecule has 4 nitrogen and oxygen atoms in total. The van der Waals surface area contributed by atoms with Gasteiger partial charge in [-0.1, -0.05) is 20.8 Å². The topological polar surface area (TPSA) is 57.6 Å². The summed E-state index contributed by atoms with van der Waals surface area (Å²) in [6, 6.07) is 0. The summed E-state index contributed by atoms with van der Waals surface area (Å²) in [7, 11) is 0. The normalized spacial score (nSPS) is 25.5. The number of likely N-dealkylation sites (tertiary alicyclic amines) is 1. The quantitative estimate of drug-likeness (QED) is 0.833. The van der Waals surface area contributed by atoms with Crippen LogP contribution in [0.25, 0.3) is 0 Å². The van der Waals surface area contributed by atoms with Crippen LogP contribution < -0.4 is 0 Å². The fourth-order valence-electron chi connectivity index (χ4n) is 2.40. The van der Waals surface area contributed by atoms with Crippen LogP contribution in [0.3, 0.4) is 0 Å². The first-order valence-electron chi connectivity index (χ1n) is 6.37. The third kappa shape index (κ3) is 2.99. The van der Waals surface area contributed by atoms with Crippen LogP contribution in [-0.4, -0.2) is 46.5 Å². The summed E-state index contributed by atoms with van der Waals surface area (Å²) in [4.78, 5) is 25.3. The van der Waals surface area contributed by atoms with Crippen LogP contribution in [0.2, 0.25) is 0 Å². The largest absolute Gasteiger partial charge is 0.481 e. The molecular weight excluding hydrogens is 250 g/mol. The Bertz CT molecular complexity index is 332. The Morgan fingerprint density at radius 2 is 2.00 bits per heavy atom. The number of nitrogens with zero attached hydrogens (tertiary/aromatic N) is 1. The molecule has 1 aliphatic heterocycles. The highest BCUT2D eigenvalue weighted by Crippen LogP contribution is 2.38. The molecule has 1 fully saturated rings. The second-order valence-electron chi connectivity index (χ2n) is 5.43. The summed E-state index contributed by atoms with van der Waals surface area (Å²) in [5.74, 6) is -0.642. The lowest BCUT2D eigenvalue weighted by Gasteiger charge is -2.28. The summed E-state index contributed by atoms with van der Waals surface area (Å²) < 4.78 is 0. The van der Waals surface area contributed by atoms with Crippen LogP contribution in [0.4, 0.5) is 0 Å². The molecule has 1 N–H and O–H groups in total. The lowest BCUT2D eigenvalue weighted by Crippen LogP contribution is -2.41. The molecule has 2 unspecified atom stereocenters. The number of aliphatic carboxylic acids is 1. The molecule has 5 heteroatoms. The minimum Gasteiger partial charge on any atom is -0.481 e. The van der Waals surface area contributed by atoms with Gasteiger partial charge in [-0.3, -0.25) is 9.59 Å². The Labute approximate surface area is 113 Å². The van der Waals surface area contributed by atoms with Crippen LogP contribution in [-0.2, 0) is 9.59 Å². The molecule has 1 rings (SSSR count). The maximum absolute atomic E-state index is 12.1. The SMILES string of the molecule is CSC(C)CC(=O)N1CCC(C(=O)O)(C(C)C)C1. The summed E-state index contributed by atoms with van der Waals surface area (Å²) in [6.45, 7) is 6.80. The van der Waals surface area contributed by atoms with Gasteiger partial charge in [0.05, 0.1) is 5.41 Å². The molecule has 0 spiro atoms. The number of thioether (sulfide) groups is 1. The molecule has 0 aromatic heterocycles. The fraction of sp³-hybridized carbons (Fsp3) is 0.846. The Morgan fingerprint density at radius 3 is 2.39 bits per heavy atom. The van der Waals surface area contributed by atoms with Gasteiger partial charge in [0, 0.05) is 24.8 Å². The highest BCUT2D eigenvalue weighted by atomic mass is 32.2. The van der Waals surface area contributed by atoms with Crippen LogP contribution >= 0.6 is 11.8 Å². The minimum absolute atomic E-state index is 0.0470. The Morgan fingerprint density at radius 1 is 1.39 bits per heavy atom. The van der Waals surface area contributed by atoms with E-state index in [0.717, 1.165) is 0 Å². The van der Waals surface area contributed by atoms with Gasteiger partial charge in [0.25, 0.3) is 0 Å². The van der Waals surface area contributed by atoms with Gasteiger partial charge in [-0.25, -0.2) is 0 Å². The molecule has 1 saturated heterocycles. The van der Waals surface area contributed by atoms with Crippen LogP contribution in [0, 0.1) is 11.3 Å². The smallest absolute Gasteiger partial charge is 0.311 e. The van der Waals surface area contributed by atoms with Crippen molar-refractivity contribution in [1.29, 1.82) is 0 Å². The highest BCUT2D eigenvalue weighted by molar-refractivity contribution is 7.99. The molecule has 0 aromatic rings. The van der Waals surface area contributed by atoms with E-state index in [4.69, 9.17) is 0 Å². The van der Waals surface area contributed by atoms with Crippen LogP contribution in [0.1, 0.15) is 33.6 Å². The van der Waals surface area contributed by atoms with Gasteiger partial charge in [0.1, 0.15) is 0 Å². The van der Waals surface area contributed by atoms with Crippen molar-refractivity contribution < 1.29 is 14.7 Å². The molecule has 104 valence electrons. The van der Waals surface area contributed by atoms with Crippen molar-refractivity contribution in [1.82, 2.24) is 4.90 Å². The van der Waals surface area contributed by atoms with E-state index in [1.807, 2.05) is 27.0 Å². The molecule has 1 aliphatic rings. The van der Waals surface area contributed by atoms with E-state index in [-0.39, 0.29) is 17.1 Å². The van der Waals surface area contributed by atoms with E-state index in [2.05, 4.69) is 0 Å². The second kappa shape index (κ2) is 5.95. The Kier molecular flexibility index (Phi) is 5.08. The lowest BCUT2D eigenvalue weighted by atomic mass is 9.76. The maximum atomic E-state index is 12.1. The third-order valence-electron chi connectivity index (χ3n) is 4.05. The number of rotatable bonds is 5. The first-order chi connectivity index (χ1) is 8.33. The number of carboxylic acid groups (broad SMARTS) is 1. The zero-order valence-electron chi connectivity index (χ0n) is 11.6. The second-order valence-corrected chi connectivity index (χ2v) is 6.71. The van der Waals surface area contributed by atoms with Crippen molar-refractivity contribution in [3.63, 3.8) is 0 Å². The van der Waals surface area contributed by atoms with Gasteiger partial charge < -0.3 is 10.0 Å². The number of carbonyl (C=O) groups is 2. The number of hydrogen-bond donors (Lipinski definition) is 1. The Hall–Kier alpha value is -0.710. The number of carbonyl (C=O) groups excluding carboxylic acids is 1. The minimum atomic E-state index is -0.772. The third-order valence-corrected chi connectivity index (χ3v) is 5.02. The molecule has 0 radical (unpaired) electrons.